The first kappa shape index (κ1) is 90.6. The number of quaternary nitrogens is 1. The molecule has 0 aliphatic heterocycles. The van der Waals surface area contributed by atoms with Gasteiger partial charge in [0.2, 0.25) is 0 Å². The Bertz CT molecular complexity index is 2380. The maximum Gasteiger partial charge on any atom is 0.472 e. The highest BCUT2D eigenvalue weighted by Gasteiger charge is 2.27. The van der Waals surface area contributed by atoms with E-state index < -0.39 is 26.5 Å². The van der Waals surface area contributed by atoms with Gasteiger partial charge >= 0.3 is 19.8 Å². The number of rotatable bonds is 67. The Kier molecular flexibility index (Phi) is 69.7. The Balaban J connectivity index is 4.14. The van der Waals surface area contributed by atoms with Gasteiger partial charge in [-0.05, 0) is 148 Å². The summed E-state index contributed by atoms with van der Waals surface area (Å²) < 4.78 is 34.7. The largest absolute Gasteiger partial charge is 0.472 e. The maximum atomic E-state index is 12.9. The predicted octanol–water partition coefficient (Wildman–Crippen LogP) is 25.4. The second kappa shape index (κ2) is 73.8. The van der Waals surface area contributed by atoms with Crippen molar-refractivity contribution in [3.05, 3.63) is 207 Å². The lowest BCUT2D eigenvalue weighted by Gasteiger charge is -2.24. The zero-order valence-electron chi connectivity index (χ0n) is 61.5. The van der Waals surface area contributed by atoms with Gasteiger partial charge in [-0.1, -0.05) is 317 Å². The fourth-order valence-electron chi connectivity index (χ4n) is 9.61. The first-order chi connectivity index (χ1) is 47.0. The molecule has 0 fully saturated rings. The molecule has 2 atom stereocenters. The number of phosphoric acid groups is 1. The molecular weight excluding hydrogens is 1210 g/mol. The molecule has 540 valence electrons. The molecule has 0 heterocycles. The highest BCUT2D eigenvalue weighted by Crippen LogP contribution is 2.43. The number of ether oxygens (including phenoxy) is 2. The smallest absolute Gasteiger partial charge is 0.462 e. The van der Waals surface area contributed by atoms with Crippen LogP contribution in [0, 0.1) is 0 Å². The Morgan fingerprint density at radius 3 is 0.833 bits per heavy atom. The zero-order chi connectivity index (χ0) is 69.7. The number of allylic oxidation sites excluding steroid dienone is 34. The van der Waals surface area contributed by atoms with Crippen molar-refractivity contribution in [2.45, 2.75) is 277 Å². The van der Waals surface area contributed by atoms with E-state index in [1.165, 1.54) is 77.0 Å². The van der Waals surface area contributed by atoms with E-state index in [0.29, 0.717) is 17.4 Å². The molecule has 0 amide bonds. The summed E-state index contributed by atoms with van der Waals surface area (Å²) in [6, 6.07) is 0. The first-order valence-electron chi connectivity index (χ1n) is 37.8. The fraction of sp³-hybridized carbons (Fsp3) is 0.581. The molecule has 0 aliphatic carbocycles. The number of phosphoric ester groups is 1. The van der Waals surface area contributed by atoms with E-state index in [1.54, 1.807) is 0 Å². The number of hydrogen-bond donors (Lipinski definition) is 1. The molecule has 0 radical (unpaired) electrons. The summed E-state index contributed by atoms with van der Waals surface area (Å²) in [5.74, 6) is -0.831. The molecule has 0 saturated carbocycles. The minimum atomic E-state index is -4.42. The van der Waals surface area contributed by atoms with Crippen molar-refractivity contribution in [3.8, 4) is 0 Å². The highest BCUT2D eigenvalue weighted by atomic mass is 31.2. The number of nitrogens with zero attached hydrogens (tertiary/aromatic N) is 1. The second-order valence-corrected chi connectivity index (χ2v) is 27.0. The standard InChI is InChI=1S/C86H138NO8P/c1-6-8-10-12-14-16-18-20-22-24-26-28-30-32-34-36-38-40-41-42-43-44-45-47-49-51-53-55-57-59-61-63-65-67-69-71-73-75-77-79-86(89)95-84(83-94-96(90,91)93-81-80-87(3,4)5)82-92-85(88)78-76-74-72-70-68-66-64-62-60-58-56-54-52-50-48-46-39-37-35-33-31-29-27-25-23-21-19-17-15-13-11-9-7-2/h8-11,14-17,20-23,26-29,32-35,38-40,42-43,45-47,51,53,57,59,63,65,84H,6-7,12-13,18-19,24-25,30-31,36-37,41,44,48-50,52,54-56,58,60-62,64,66-83H2,1-5H3/p+1/b10-8-,11-9-,16-14-,17-15-,22-20-,23-21-,28-26-,29-27-,34-32-,35-33-,40-38-,43-42-,46-39-,47-45-,53-51-,59-57-,65-63-. The Hall–Kier alpha value is -5.41. The van der Waals surface area contributed by atoms with Crippen LogP contribution in [0.1, 0.15) is 271 Å². The van der Waals surface area contributed by atoms with Gasteiger partial charge in [0.05, 0.1) is 27.7 Å². The van der Waals surface area contributed by atoms with E-state index in [9.17, 15) is 19.0 Å². The predicted molar refractivity (Wildman–Crippen MR) is 417 cm³/mol. The molecule has 96 heavy (non-hydrogen) atoms. The van der Waals surface area contributed by atoms with Crippen LogP contribution in [-0.4, -0.2) is 74.9 Å². The molecule has 0 aromatic heterocycles. The van der Waals surface area contributed by atoms with Crippen molar-refractivity contribution in [1.29, 1.82) is 0 Å². The van der Waals surface area contributed by atoms with Gasteiger partial charge in [0.25, 0.3) is 0 Å². The fourth-order valence-corrected chi connectivity index (χ4v) is 10.4. The molecular formula is C86H139NO8P+. The van der Waals surface area contributed by atoms with Gasteiger partial charge in [0, 0.05) is 12.8 Å². The zero-order valence-corrected chi connectivity index (χ0v) is 62.4. The summed E-state index contributed by atoms with van der Waals surface area (Å²) >= 11 is 0. The van der Waals surface area contributed by atoms with E-state index in [2.05, 4.69) is 220 Å². The van der Waals surface area contributed by atoms with Gasteiger partial charge in [0.1, 0.15) is 19.8 Å². The molecule has 9 nitrogen and oxygen atoms in total. The van der Waals surface area contributed by atoms with E-state index in [4.69, 9.17) is 18.5 Å². The summed E-state index contributed by atoms with van der Waals surface area (Å²) in [5.41, 5.74) is 0. The van der Waals surface area contributed by atoms with Crippen LogP contribution < -0.4 is 0 Å². The van der Waals surface area contributed by atoms with Crippen molar-refractivity contribution < 1.29 is 42.1 Å². The van der Waals surface area contributed by atoms with Crippen LogP contribution in [0.25, 0.3) is 0 Å². The van der Waals surface area contributed by atoms with E-state index in [0.717, 1.165) is 161 Å². The van der Waals surface area contributed by atoms with Crippen LogP contribution in [0.15, 0.2) is 207 Å². The van der Waals surface area contributed by atoms with Gasteiger partial charge in [-0.3, -0.25) is 18.6 Å². The van der Waals surface area contributed by atoms with Crippen molar-refractivity contribution in [2.24, 2.45) is 0 Å². The number of carbonyl (C=O) groups excluding carboxylic acids is 2. The first-order valence-corrected chi connectivity index (χ1v) is 39.3. The lowest BCUT2D eigenvalue weighted by molar-refractivity contribution is -0.870. The van der Waals surface area contributed by atoms with E-state index >= 15 is 0 Å². The lowest BCUT2D eigenvalue weighted by atomic mass is 10.0. The topological polar surface area (TPSA) is 108 Å². The van der Waals surface area contributed by atoms with Crippen LogP contribution in [-0.2, 0) is 32.7 Å². The number of esters is 2. The summed E-state index contributed by atoms with van der Waals surface area (Å²) in [6.45, 7) is 4.17. The van der Waals surface area contributed by atoms with E-state index in [-0.39, 0.29) is 32.0 Å². The van der Waals surface area contributed by atoms with Crippen molar-refractivity contribution in [2.75, 3.05) is 47.5 Å². The number of likely N-dealkylation sites (N-methyl/N-ethyl adjacent to an activating group) is 1. The van der Waals surface area contributed by atoms with Crippen LogP contribution >= 0.6 is 7.82 Å². The molecule has 0 aromatic rings. The summed E-state index contributed by atoms with van der Waals surface area (Å²) in [5, 5.41) is 0. The van der Waals surface area contributed by atoms with Gasteiger partial charge in [0.15, 0.2) is 6.10 Å². The number of hydrogen-bond acceptors (Lipinski definition) is 7. The molecule has 0 aliphatic rings. The van der Waals surface area contributed by atoms with Gasteiger partial charge in [-0.15, -0.1) is 0 Å². The van der Waals surface area contributed by atoms with Gasteiger partial charge < -0.3 is 18.9 Å². The van der Waals surface area contributed by atoms with Crippen molar-refractivity contribution in [1.82, 2.24) is 0 Å². The third-order valence-corrected chi connectivity index (χ3v) is 16.3. The third-order valence-electron chi connectivity index (χ3n) is 15.3. The summed E-state index contributed by atoms with van der Waals surface area (Å²) in [7, 11) is 1.44. The molecule has 0 aromatic carbocycles. The molecule has 0 bridgehead atoms. The van der Waals surface area contributed by atoms with Crippen LogP contribution in [0.4, 0.5) is 0 Å². The SMILES string of the molecule is CC/C=C\C/C=C\C/C=C\C/C=C\C/C=C\C/C=C\C/C=C\C/C=C\C/C=C\C/C=C\C/C=C\CCCCCCCC(=O)OC(COC(=O)CCCCCCCCCCCCCCCC/C=C\C/C=C\C/C=C\C/C=C\C/C=C\C/C=C\CC)COP(=O)(O)OCC[N+](C)(C)C. The Labute approximate surface area is 589 Å². The minimum Gasteiger partial charge on any atom is -0.462 e. The molecule has 10 heteroatoms. The molecule has 0 saturated heterocycles. The maximum absolute atomic E-state index is 12.9. The van der Waals surface area contributed by atoms with Crippen molar-refractivity contribution in [3.63, 3.8) is 0 Å². The quantitative estimate of drug-likeness (QED) is 0.0211. The van der Waals surface area contributed by atoms with Crippen LogP contribution in [0.2, 0.25) is 0 Å². The molecule has 2 unspecified atom stereocenters. The minimum absolute atomic E-state index is 0.0171. The second-order valence-electron chi connectivity index (χ2n) is 25.6. The normalized spacial score (nSPS) is 14.3. The summed E-state index contributed by atoms with van der Waals surface area (Å²) in [4.78, 5) is 35.9. The number of unbranched alkanes of at least 4 members (excludes halogenated alkanes) is 19. The van der Waals surface area contributed by atoms with Gasteiger partial charge in [-0.2, -0.15) is 0 Å². The number of carbonyl (C=O) groups is 2. The monoisotopic (exact) mass is 1350 g/mol. The van der Waals surface area contributed by atoms with E-state index in [1.807, 2.05) is 21.1 Å². The molecule has 0 rings (SSSR count). The average molecular weight is 1350 g/mol. The summed E-state index contributed by atoms with van der Waals surface area (Å²) in [6.07, 6.45) is 117. The van der Waals surface area contributed by atoms with Crippen LogP contribution in [0.5, 0.6) is 0 Å². The molecule has 0 spiro atoms. The highest BCUT2D eigenvalue weighted by molar-refractivity contribution is 7.47. The third kappa shape index (κ3) is 77.6. The van der Waals surface area contributed by atoms with Gasteiger partial charge in [-0.25, -0.2) is 4.57 Å². The Morgan fingerprint density at radius 2 is 0.562 bits per heavy atom. The Morgan fingerprint density at radius 1 is 0.323 bits per heavy atom. The average Bonchev–Trinajstić information content (AvgIpc) is 1.98. The van der Waals surface area contributed by atoms with Crippen molar-refractivity contribution >= 4 is 19.8 Å². The molecule has 1 N–H and O–H groups in total. The lowest BCUT2D eigenvalue weighted by Crippen LogP contribution is -2.37. The van der Waals surface area contributed by atoms with Crippen LogP contribution in [0.3, 0.4) is 0 Å².